The van der Waals surface area contributed by atoms with Crippen LogP contribution in [0.3, 0.4) is 0 Å². The Bertz CT molecular complexity index is 2110. The average Bonchev–Trinajstić information content (AvgIpc) is 3.66. The van der Waals surface area contributed by atoms with Crippen molar-refractivity contribution in [2.45, 2.75) is 66.7 Å². The van der Waals surface area contributed by atoms with Gasteiger partial charge in [0.1, 0.15) is 0 Å². The summed E-state index contributed by atoms with van der Waals surface area (Å²) in [4.78, 5) is 0. The molecule has 0 spiro atoms. The summed E-state index contributed by atoms with van der Waals surface area (Å²) in [6.45, 7) is 21.0. The Balaban J connectivity index is 0.000000238. The predicted octanol–water partition coefficient (Wildman–Crippen LogP) is 13.5. The minimum absolute atomic E-state index is 0. The first-order chi connectivity index (χ1) is 22.0. The molecule has 0 aliphatic heterocycles. The number of hydrogen-bond donors (Lipinski definition) is 0. The molecular weight excluding hydrogens is 672 g/mol. The predicted molar refractivity (Wildman–Crippen MR) is 213 cm³/mol. The van der Waals surface area contributed by atoms with E-state index in [1.54, 1.807) is 0 Å². The maximum atomic E-state index is 3.06. The number of rotatable bonds is 3. The molecule has 2 heteroatoms. The van der Waals surface area contributed by atoms with Gasteiger partial charge >= 0.3 is 30.2 Å². The monoisotopic (exact) mass is 720 g/mol. The standard InChI is InChI=1S/C22H19.C22H25.2CH3.Si.Zr/c1-14-11-20-15(2)13-16(3)22(21(20)12-14)19-10-6-8-17-7-4-5-9-18(17)19;1-15(2)18-13-17-7-6-8-20(21(17)14-18)16-9-11-19(12-10-16)22(3,4)5;;;;/h4-13H,1-3H3;6-15H,1-5H3;2*1H3;;/q4*-1;;. The summed E-state index contributed by atoms with van der Waals surface area (Å²) in [5, 5.41) is 8.11. The summed E-state index contributed by atoms with van der Waals surface area (Å²) >= 11 is 1.36. The molecule has 2 radical (unpaired) electrons. The van der Waals surface area contributed by atoms with Gasteiger partial charge in [0.05, 0.1) is 0 Å². The SMILES string of the molecule is CC(C)c1cc2c(-c3ccc(C(C)(C)C)cc3)cccc2[cH-]1.Cc1cc2c(-c3cccc4ccccc34)c(C)cc(C)c2[cH-]1.[CH3-].[CH3-].[Si]=[Zr]. The van der Waals surface area contributed by atoms with E-state index in [4.69, 9.17) is 0 Å². The average molecular weight is 722 g/mol. The molecule has 7 aromatic carbocycles. The molecule has 0 aliphatic rings. The van der Waals surface area contributed by atoms with Crippen molar-refractivity contribution in [1.82, 2.24) is 0 Å². The summed E-state index contributed by atoms with van der Waals surface area (Å²) in [6.07, 6.45) is 0. The summed E-state index contributed by atoms with van der Waals surface area (Å²) in [7, 11) is 0. The molecule has 0 bridgehead atoms. The summed E-state index contributed by atoms with van der Waals surface area (Å²) in [6, 6.07) is 42.6. The Morgan fingerprint density at radius 2 is 1.25 bits per heavy atom. The molecule has 0 heterocycles. The van der Waals surface area contributed by atoms with Crippen molar-refractivity contribution < 1.29 is 23.3 Å². The van der Waals surface area contributed by atoms with Crippen molar-refractivity contribution in [3.8, 4) is 22.3 Å². The molecule has 0 atom stereocenters. The van der Waals surface area contributed by atoms with Crippen molar-refractivity contribution >= 4 is 39.2 Å². The first-order valence-corrected chi connectivity index (χ1v) is 20.4. The van der Waals surface area contributed by atoms with Crippen LogP contribution in [0.15, 0.2) is 115 Å². The fourth-order valence-electron chi connectivity index (χ4n) is 6.67. The third-order valence-corrected chi connectivity index (χ3v) is 9.12. The summed E-state index contributed by atoms with van der Waals surface area (Å²) < 4.78 is 0. The number of hydrogen-bond acceptors (Lipinski definition) is 0. The Kier molecular flexibility index (Phi) is 13.4. The van der Waals surface area contributed by atoms with Gasteiger partial charge in [-0.05, 0) is 45.7 Å². The van der Waals surface area contributed by atoms with Crippen LogP contribution in [-0.4, -0.2) is 6.88 Å². The molecule has 0 saturated carbocycles. The molecule has 0 nitrogen and oxygen atoms in total. The quantitative estimate of drug-likeness (QED) is 0.126. The molecule has 0 unspecified atom stereocenters. The van der Waals surface area contributed by atoms with Gasteiger partial charge in [-0.25, -0.2) is 0 Å². The van der Waals surface area contributed by atoms with Crippen LogP contribution in [0, 0.1) is 35.6 Å². The number of fused-ring (bicyclic) bond motifs is 3. The zero-order valence-electron chi connectivity index (χ0n) is 30.5. The Morgan fingerprint density at radius 1 is 0.625 bits per heavy atom. The van der Waals surface area contributed by atoms with Crippen LogP contribution in [-0.2, 0) is 28.8 Å². The fraction of sp³-hybridized carbons (Fsp3) is 0.217. The van der Waals surface area contributed by atoms with Gasteiger partial charge in [0.15, 0.2) is 0 Å². The third-order valence-electron chi connectivity index (χ3n) is 9.12. The van der Waals surface area contributed by atoms with Crippen molar-refractivity contribution in [3.63, 3.8) is 0 Å². The van der Waals surface area contributed by atoms with Crippen molar-refractivity contribution in [2.24, 2.45) is 0 Å². The summed E-state index contributed by atoms with van der Waals surface area (Å²) in [5.74, 6) is 0.573. The molecule has 0 amide bonds. The van der Waals surface area contributed by atoms with Gasteiger partial charge in [-0.2, -0.15) is 12.1 Å². The maximum absolute atomic E-state index is 3.06. The molecule has 0 aliphatic carbocycles. The van der Waals surface area contributed by atoms with E-state index < -0.39 is 0 Å². The second-order valence-corrected chi connectivity index (χ2v) is 13.9. The van der Waals surface area contributed by atoms with Gasteiger partial charge in [0.25, 0.3) is 0 Å². The number of benzene rings is 5. The zero-order chi connectivity index (χ0) is 33.2. The van der Waals surface area contributed by atoms with E-state index in [-0.39, 0.29) is 20.3 Å². The van der Waals surface area contributed by atoms with Crippen LogP contribution in [0.5, 0.6) is 0 Å². The molecule has 0 aromatic heterocycles. The van der Waals surface area contributed by atoms with Crippen molar-refractivity contribution in [2.75, 3.05) is 0 Å². The van der Waals surface area contributed by atoms with Gasteiger partial charge in [-0.15, -0.1) is 62.5 Å². The minimum atomic E-state index is 0. The zero-order valence-corrected chi connectivity index (χ0v) is 34.0. The molecule has 48 heavy (non-hydrogen) atoms. The molecule has 7 aromatic rings. The van der Waals surface area contributed by atoms with E-state index in [1.165, 1.54) is 106 Å². The summed E-state index contributed by atoms with van der Waals surface area (Å²) in [5.41, 5.74) is 12.4. The van der Waals surface area contributed by atoms with Gasteiger partial charge in [-0.3, -0.25) is 0 Å². The Labute approximate surface area is 307 Å². The molecule has 0 saturated heterocycles. The Morgan fingerprint density at radius 3 is 1.92 bits per heavy atom. The van der Waals surface area contributed by atoms with Gasteiger partial charge in [0.2, 0.25) is 0 Å². The van der Waals surface area contributed by atoms with E-state index in [9.17, 15) is 0 Å². The topological polar surface area (TPSA) is 0 Å². The van der Waals surface area contributed by atoms with E-state index >= 15 is 0 Å². The molecule has 0 fully saturated rings. The van der Waals surface area contributed by atoms with E-state index in [1.807, 2.05) is 0 Å². The van der Waals surface area contributed by atoms with E-state index in [2.05, 4.69) is 178 Å². The third kappa shape index (κ3) is 8.10. The van der Waals surface area contributed by atoms with Crippen molar-refractivity contribution in [1.29, 1.82) is 0 Å². The first kappa shape index (κ1) is 39.1. The van der Waals surface area contributed by atoms with Crippen LogP contribution >= 0.6 is 0 Å². The molecule has 0 N–H and O–H groups in total. The first-order valence-electron chi connectivity index (χ1n) is 16.2. The second kappa shape index (κ2) is 16.4. The molecule has 7 rings (SSSR count). The van der Waals surface area contributed by atoms with Crippen LogP contribution in [0.1, 0.15) is 68.4 Å². The van der Waals surface area contributed by atoms with Gasteiger partial charge < -0.3 is 14.9 Å². The van der Waals surface area contributed by atoms with Crippen LogP contribution in [0.2, 0.25) is 0 Å². The second-order valence-electron chi connectivity index (χ2n) is 13.9. The Hall–Kier alpha value is -3.32. The van der Waals surface area contributed by atoms with Crippen molar-refractivity contribution in [3.05, 3.63) is 158 Å². The van der Waals surface area contributed by atoms with Gasteiger partial charge in [-0.1, -0.05) is 144 Å². The normalized spacial score (nSPS) is 10.9. The van der Waals surface area contributed by atoms with Gasteiger partial charge in [0, 0.05) is 0 Å². The van der Waals surface area contributed by atoms with E-state index in [0.29, 0.717) is 5.92 Å². The van der Waals surface area contributed by atoms with Crippen LogP contribution in [0.4, 0.5) is 0 Å². The van der Waals surface area contributed by atoms with Crippen LogP contribution in [0.25, 0.3) is 54.6 Å². The molecule has 246 valence electrons. The van der Waals surface area contributed by atoms with Crippen LogP contribution < -0.4 is 0 Å². The van der Waals surface area contributed by atoms with E-state index in [0.717, 1.165) is 0 Å². The fourth-order valence-corrected chi connectivity index (χ4v) is 6.67. The molecular formula is C46H50SiZr-4. The number of aryl methyl sites for hydroxylation is 3.